The molecule has 414 valence electrons. The molecule has 8 aromatic carbocycles. The largest absolute Gasteiger partial charge is 0.374 e. The predicted octanol–water partition coefficient (Wildman–Crippen LogP) is 12.8. The predicted molar refractivity (Wildman–Crippen MR) is 305 cm³/mol. The van der Waals surface area contributed by atoms with Crippen molar-refractivity contribution in [1.29, 1.82) is 0 Å². The molecule has 11 nitrogen and oxygen atoms in total. The quantitative estimate of drug-likeness (QED) is 0.0469. The lowest BCUT2D eigenvalue weighted by Crippen LogP contribution is -2.70. The van der Waals surface area contributed by atoms with Crippen LogP contribution in [0.2, 0.25) is 0 Å². The molecule has 0 bridgehead atoms. The lowest BCUT2D eigenvalue weighted by Gasteiger charge is -2.53. The second-order valence-electron chi connectivity index (χ2n) is 20.4. The highest BCUT2D eigenvalue weighted by molar-refractivity contribution is 5.20. The first-order chi connectivity index (χ1) is 39.5. The average molecular weight is 1080 g/mol. The van der Waals surface area contributed by atoms with Crippen molar-refractivity contribution in [3.63, 3.8) is 0 Å². The Bertz CT molecular complexity index is 2950. The summed E-state index contributed by atoms with van der Waals surface area (Å²) in [6.07, 6.45) is -7.53. The van der Waals surface area contributed by atoms with Gasteiger partial charge in [0, 0.05) is 0 Å². The van der Waals surface area contributed by atoms with Gasteiger partial charge < -0.3 is 52.1 Å². The van der Waals surface area contributed by atoms with Crippen LogP contribution in [-0.4, -0.2) is 74.1 Å². The lowest BCUT2D eigenvalue weighted by atomic mass is 9.91. The van der Waals surface area contributed by atoms with Crippen LogP contribution in [-0.2, 0) is 105 Å². The summed E-state index contributed by atoms with van der Waals surface area (Å²) in [5.74, 6) is -1.64. The van der Waals surface area contributed by atoms with Gasteiger partial charge in [-0.15, -0.1) is 0 Å². The van der Waals surface area contributed by atoms with Gasteiger partial charge >= 0.3 is 0 Å². The standard InChI is InChI=1S/C69H72O11/c1-69(67(77-49-59-40-24-9-25-41-59)65(75-47-57-36-20-7-21-37-57)63(73-45-55-32-16-5-17-33-55)61(79-69)51-71-43-53-28-12-3-13-29-53)80-68-66(76-48-58-38-22-8-23-39-58)64(74-46-56-34-18-6-19-35-56)62(72-44-54-30-14-4-15-31-54)60(78-68)50-70-42-52-26-10-2-11-27-52/h2-41,60-68H,42-51H2,1H3/t60-,61-,62-,63-,64+,65+,66+,67-,68-,69-/m1/s1. The van der Waals surface area contributed by atoms with E-state index in [4.69, 9.17) is 52.1 Å². The Labute approximate surface area is 471 Å². The average Bonchev–Trinajstić information content (AvgIpc) is 3.60. The SMILES string of the molecule is C[C@]1(O[C@H]2O[C@H](COCc3ccccc3)[C@@H](OCc3ccccc3)[C@H](OCc3ccccc3)[C@@H]2OCc2ccccc2)O[C@H](COCc2ccccc2)[C@@H](OCc2ccccc2)[C@H](OCc2ccccc2)[C@H]1OCc1ccccc1. The summed E-state index contributed by atoms with van der Waals surface area (Å²) in [5.41, 5.74) is 7.88. The van der Waals surface area contributed by atoms with Crippen molar-refractivity contribution in [2.75, 3.05) is 13.2 Å². The van der Waals surface area contributed by atoms with E-state index < -0.39 is 60.9 Å². The van der Waals surface area contributed by atoms with E-state index in [1.54, 1.807) is 0 Å². The van der Waals surface area contributed by atoms with Crippen molar-refractivity contribution < 1.29 is 52.1 Å². The van der Waals surface area contributed by atoms with Gasteiger partial charge in [-0.25, -0.2) is 0 Å². The molecule has 2 fully saturated rings. The second-order valence-corrected chi connectivity index (χ2v) is 20.4. The fraction of sp³-hybridized carbons (Fsp3) is 0.304. The fourth-order valence-corrected chi connectivity index (χ4v) is 10.2. The molecule has 0 radical (unpaired) electrons. The Hall–Kier alpha value is -6.68. The van der Waals surface area contributed by atoms with Crippen molar-refractivity contribution in [3.05, 3.63) is 287 Å². The van der Waals surface area contributed by atoms with Crippen LogP contribution in [0.25, 0.3) is 0 Å². The zero-order valence-corrected chi connectivity index (χ0v) is 45.4. The topological polar surface area (TPSA) is 102 Å². The van der Waals surface area contributed by atoms with Gasteiger partial charge in [-0.05, 0) is 51.4 Å². The highest BCUT2D eigenvalue weighted by atomic mass is 16.8. The van der Waals surface area contributed by atoms with Gasteiger partial charge in [-0.3, -0.25) is 0 Å². The molecule has 10 rings (SSSR count). The third-order valence-electron chi connectivity index (χ3n) is 14.3. The third-order valence-corrected chi connectivity index (χ3v) is 14.3. The Balaban J connectivity index is 1.06. The van der Waals surface area contributed by atoms with Crippen molar-refractivity contribution in [1.82, 2.24) is 0 Å². The molecule has 2 heterocycles. The highest BCUT2D eigenvalue weighted by Crippen LogP contribution is 2.42. The molecule has 80 heavy (non-hydrogen) atoms. The normalized spacial score (nSPS) is 23.8. The Kier molecular flexibility index (Phi) is 21.0. The van der Waals surface area contributed by atoms with Crippen molar-refractivity contribution in [3.8, 4) is 0 Å². The van der Waals surface area contributed by atoms with Crippen LogP contribution in [0.5, 0.6) is 0 Å². The summed E-state index contributed by atoms with van der Waals surface area (Å²) >= 11 is 0. The summed E-state index contributed by atoms with van der Waals surface area (Å²) in [5, 5.41) is 0. The zero-order valence-electron chi connectivity index (χ0n) is 45.4. The number of benzene rings is 8. The highest BCUT2D eigenvalue weighted by Gasteiger charge is 2.59. The summed E-state index contributed by atoms with van der Waals surface area (Å²) in [7, 11) is 0. The minimum absolute atomic E-state index is 0.123. The number of hydrogen-bond acceptors (Lipinski definition) is 11. The summed E-state index contributed by atoms with van der Waals surface area (Å²) in [6, 6.07) is 80.7. The first kappa shape index (κ1) is 56.6. The Morgan fingerprint density at radius 1 is 0.300 bits per heavy atom. The minimum atomic E-state index is -1.64. The van der Waals surface area contributed by atoms with Gasteiger partial charge in [-0.2, -0.15) is 0 Å². The van der Waals surface area contributed by atoms with Crippen molar-refractivity contribution in [2.45, 2.75) is 121 Å². The molecule has 0 amide bonds. The zero-order chi connectivity index (χ0) is 54.4. The molecule has 11 heteroatoms. The molecular weight excluding hydrogens is 1000 g/mol. The first-order valence-electron chi connectivity index (χ1n) is 27.7. The maximum absolute atomic E-state index is 7.62. The molecule has 0 N–H and O–H groups in total. The van der Waals surface area contributed by atoms with Crippen LogP contribution < -0.4 is 0 Å². The first-order valence-corrected chi connectivity index (χ1v) is 27.7. The van der Waals surface area contributed by atoms with Crippen LogP contribution in [0.1, 0.15) is 51.4 Å². The molecule has 8 aromatic rings. The third kappa shape index (κ3) is 16.2. The molecular formula is C69H72O11. The fourth-order valence-electron chi connectivity index (χ4n) is 10.2. The Morgan fingerprint density at radius 3 is 0.938 bits per heavy atom. The Morgan fingerprint density at radius 2 is 0.575 bits per heavy atom. The van der Waals surface area contributed by atoms with Crippen molar-refractivity contribution in [2.24, 2.45) is 0 Å². The minimum Gasteiger partial charge on any atom is -0.374 e. The summed E-state index contributed by atoms with van der Waals surface area (Å²) in [4.78, 5) is 0. The molecule has 0 spiro atoms. The second kappa shape index (κ2) is 29.7. The van der Waals surface area contributed by atoms with E-state index >= 15 is 0 Å². The van der Waals surface area contributed by atoms with E-state index in [-0.39, 0.29) is 52.9 Å². The maximum Gasteiger partial charge on any atom is 0.198 e. The van der Waals surface area contributed by atoms with Crippen LogP contribution in [0, 0.1) is 0 Å². The molecule has 0 aliphatic carbocycles. The van der Waals surface area contributed by atoms with E-state index in [2.05, 4.69) is 0 Å². The van der Waals surface area contributed by atoms with E-state index in [0.717, 1.165) is 44.5 Å². The van der Waals surface area contributed by atoms with Crippen LogP contribution >= 0.6 is 0 Å². The number of ether oxygens (including phenoxy) is 11. The smallest absolute Gasteiger partial charge is 0.198 e. The maximum atomic E-state index is 7.62. The van der Waals surface area contributed by atoms with Crippen LogP contribution in [0.3, 0.4) is 0 Å². The van der Waals surface area contributed by atoms with Gasteiger partial charge in [0.1, 0.15) is 48.8 Å². The molecule has 0 unspecified atom stereocenters. The lowest BCUT2D eigenvalue weighted by molar-refractivity contribution is -0.431. The molecule has 2 saturated heterocycles. The van der Waals surface area contributed by atoms with Gasteiger partial charge in [0.05, 0.1) is 66.1 Å². The van der Waals surface area contributed by atoms with E-state index in [9.17, 15) is 0 Å². The summed E-state index contributed by atoms with van der Waals surface area (Å²) < 4.78 is 78.4. The van der Waals surface area contributed by atoms with Gasteiger partial charge in [0.2, 0.25) is 0 Å². The van der Waals surface area contributed by atoms with Crippen LogP contribution in [0.15, 0.2) is 243 Å². The van der Waals surface area contributed by atoms with Gasteiger partial charge in [-0.1, -0.05) is 243 Å². The molecule has 10 atom stereocenters. The number of rotatable bonds is 28. The van der Waals surface area contributed by atoms with Gasteiger partial charge in [0.25, 0.3) is 0 Å². The molecule has 0 saturated carbocycles. The van der Waals surface area contributed by atoms with E-state index in [1.165, 1.54) is 0 Å². The number of hydrogen-bond donors (Lipinski definition) is 0. The van der Waals surface area contributed by atoms with Crippen LogP contribution in [0.4, 0.5) is 0 Å². The molecule has 0 aromatic heterocycles. The monoisotopic (exact) mass is 1080 g/mol. The van der Waals surface area contributed by atoms with Crippen molar-refractivity contribution >= 4 is 0 Å². The van der Waals surface area contributed by atoms with E-state index in [1.807, 2.05) is 250 Å². The molecule has 2 aliphatic heterocycles. The van der Waals surface area contributed by atoms with E-state index in [0.29, 0.717) is 13.2 Å². The summed E-state index contributed by atoms with van der Waals surface area (Å²) in [6.45, 7) is 4.28. The molecule has 2 aliphatic rings. The van der Waals surface area contributed by atoms with Gasteiger partial charge in [0.15, 0.2) is 12.1 Å².